The Labute approximate surface area is 190 Å². The van der Waals surface area contributed by atoms with E-state index in [1.54, 1.807) is 18.2 Å². The lowest BCUT2D eigenvalue weighted by molar-refractivity contribution is 0.144. The molecule has 31 heavy (non-hydrogen) atoms. The van der Waals surface area contributed by atoms with Crippen LogP contribution in [0.3, 0.4) is 0 Å². The van der Waals surface area contributed by atoms with Gasteiger partial charge in [-0.1, -0.05) is 33.6 Å². The third-order valence-electron chi connectivity index (χ3n) is 4.71. The Morgan fingerprint density at radius 1 is 1.06 bits per heavy atom. The number of carbonyl (C=O) groups is 1. The highest BCUT2D eigenvalue weighted by molar-refractivity contribution is 9.10. The van der Waals surface area contributed by atoms with Gasteiger partial charge in [0.1, 0.15) is 23.9 Å². The van der Waals surface area contributed by atoms with E-state index in [1.807, 2.05) is 41.1 Å². The second-order valence-electron chi connectivity index (χ2n) is 6.81. The topological polar surface area (TPSA) is 60.7 Å². The van der Waals surface area contributed by atoms with Crippen LogP contribution in [0, 0.1) is 5.82 Å². The molecule has 1 N–H and O–H groups in total. The molecule has 8 heteroatoms. The van der Waals surface area contributed by atoms with Gasteiger partial charge in [-0.25, -0.2) is 9.18 Å². The lowest BCUT2D eigenvalue weighted by Crippen LogP contribution is -2.04. The highest BCUT2D eigenvalue weighted by Gasteiger charge is 2.11. The van der Waals surface area contributed by atoms with Gasteiger partial charge in [0.15, 0.2) is 0 Å². The third-order valence-corrected chi connectivity index (χ3v) is 5.55. The van der Waals surface area contributed by atoms with Crippen molar-refractivity contribution in [2.24, 2.45) is 0 Å². The predicted molar refractivity (Wildman–Crippen MR) is 120 cm³/mol. The van der Waals surface area contributed by atoms with E-state index in [0.29, 0.717) is 22.9 Å². The number of halogens is 3. The molecule has 0 radical (unpaired) electrons. The lowest BCUT2D eigenvalue weighted by atomic mass is 10.2. The van der Waals surface area contributed by atoms with Crippen LogP contribution in [-0.4, -0.2) is 15.8 Å². The summed E-state index contributed by atoms with van der Waals surface area (Å²) in [6.07, 6.45) is 0.562. The van der Waals surface area contributed by atoms with Crippen molar-refractivity contribution >= 4 is 44.6 Å². The van der Waals surface area contributed by atoms with Crippen molar-refractivity contribution in [2.75, 3.05) is 0 Å². The zero-order chi connectivity index (χ0) is 22.0. The molecule has 3 aromatic carbocycles. The molecule has 0 aliphatic heterocycles. The van der Waals surface area contributed by atoms with Gasteiger partial charge < -0.3 is 19.1 Å². The van der Waals surface area contributed by atoms with Crippen LogP contribution in [0.15, 0.2) is 71.3 Å². The Morgan fingerprint density at radius 2 is 1.90 bits per heavy atom. The maximum atomic E-state index is 13.3. The number of ether oxygens (including phenoxy) is 2. The number of hydrogen-bond acceptors (Lipinski definition) is 3. The Balaban J connectivity index is 1.58. The quantitative estimate of drug-likeness (QED) is 0.230. The Bertz CT molecular complexity index is 1270. The number of fused-ring (bicyclic) bond motifs is 1. The highest BCUT2D eigenvalue weighted by atomic mass is 79.9. The fourth-order valence-corrected chi connectivity index (χ4v) is 3.90. The molecule has 0 aliphatic rings. The van der Waals surface area contributed by atoms with Crippen molar-refractivity contribution < 1.29 is 23.8 Å². The van der Waals surface area contributed by atoms with Gasteiger partial charge in [0.05, 0.1) is 11.6 Å². The van der Waals surface area contributed by atoms with Crippen molar-refractivity contribution in [3.05, 3.63) is 93.3 Å². The minimum absolute atomic E-state index is 0.204. The van der Waals surface area contributed by atoms with Crippen LogP contribution in [0.1, 0.15) is 11.1 Å². The largest absolute Gasteiger partial charge is 0.511 e. The molecular formula is C23H16BrClFNO4. The molecule has 4 rings (SSSR count). The van der Waals surface area contributed by atoms with Crippen molar-refractivity contribution in [1.29, 1.82) is 0 Å². The Kier molecular flexibility index (Phi) is 6.15. The van der Waals surface area contributed by atoms with Gasteiger partial charge >= 0.3 is 6.16 Å². The number of hydrogen-bond donors (Lipinski definition) is 1. The summed E-state index contributed by atoms with van der Waals surface area (Å²) < 4.78 is 26.9. The minimum Gasteiger partial charge on any atom is -0.488 e. The summed E-state index contributed by atoms with van der Waals surface area (Å²) in [7, 11) is 0. The second-order valence-corrected chi connectivity index (χ2v) is 8.13. The van der Waals surface area contributed by atoms with Gasteiger partial charge in [-0.3, -0.25) is 0 Å². The summed E-state index contributed by atoms with van der Waals surface area (Å²) in [5.41, 5.74) is 2.54. The fourth-order valence-electron chi connectivity index (χ4n) is 3.27. The molecule has 0 amide bonds. The zero-order valence-electron chi connectivity index (χ0n) is 16.0. The first-order valence-electron chi connectivity index (χ1n) is 9.24. The number of nitrogens with zero attached hydrogens (tertiary/aromatic N) is 1. The standard InChI is InChI=1S/C23H16BrClFNO4/c24-17-2-6-22(30-13-15-1-3-18(26)11-20(15)25)16(9-17)12-27-8-7-14-10-19(31-23(28)29)4-5-21(14)27/h1-11H,12-13H2,(H,28,29). The Morgan fingerprint density at radius 3 is 2.68 bits per heavy atom. The number of rotatable bonds is 6. The zero-order valence-corrected chi connectivity index (χ0v) is 18.4. The molecule has 158 valence electrons. The van der Waals surface area contributed by atoms with E-state index >= 15 is 0 Å². The van der Waals surface area contributed by atoms with Crippen LogP contribution in [0.25, 0.3) is 10.9 Å². The number of aromatic nitrogens is 1. The first-order valence-corrected chi connectivity index (χ1v) is 10.4. The van der Waals surface area contributed by atoms with Crippen LogP contribution in [0.2, 0.25) is 5.02 Å². The second kappa shape index (κ2) is 8.99. The summed E-state index contributed by atoms with van der Waals surface area (Å²) in [6, 6.07) is 16.9. The van der Waals surface area contributed by atoms with Gasteiger partial charge in [0.2, 0.25) is 0 Å². The van der Waals surface area contributed by atoms with Gasteiger partial charge in [-0.2, -0.15) is 0 Å². The van der Waals surface area contributed by atoms with Crippen LogP contribution in [0.4, 0.5) is 9.18 Å². The minimum atomic E-state index is -1.35. The van der Waals surface area contributed by atoms with Crippen molar-refractivity contribution in [3.8, 4) is 11.5 Å². The van der Waals surface area contributed by atoms with E-state index in [2.05, 4.69) is 15.9 Å². The summed E-state index contributed by atoms with van der Waals surface area (Å²) in [4.78, 5) is 10.7. The first kappa shape index (κ1) is 21.2. The van der Waals surface area contributed by atoms with E-state index in [-0.39, 0.29) is 12.4 Å². The average Bonchev–Trinajstić information content (AvgIpc) is 3.10. The van der Waals surface area contributed by atoms with E-state index in [1.165, 1.54) is 12.1 Å². The fraction of sp³-hybridized carbons (Fsp3) is 0.0870. The summed E-state index contributed by atoms with van der Waals surface area (Å²) >= 11 is 9.61. The monoisotopic (exact) mass is 503 g/mol. The molecule has 4 aromatic rings. The van der Waals surface area contributed by atoms with Gasteiger partial charge in [-0.05, 0) is 54.6 Å². The van der Waals surface area contributed by atoms with Crippen LogP contribution < -0.4 is 9.47 Å². The molecule has 0 aliphatic carbocycles. The highest BCUT2D eigenvalue weighted by Crippen LogP contribution is 2.29. The molecule has 1 aromatic heterocycles. The molecule has 0 unspecified atom stereocenters. The van der Waals surface area contributed by atoms with E-state index in [0.717, 1.165) is 20.9 Å². The molecule has 5 nitrogen and oxygen atoms in total. The van der Waals surface area contributed by atoms with Crippen LogP contribution in [-0.2, 0) is 13.2 Å². The van der Waals surface area contributed by atoms with Crippen molar-refractivity contribution in [3.63, 3.8) is 0 Å². The third kappa shape index (κ3) is 5.00. The molecule has 0 atom stereocenters. The normalized spacial score (nSPS) is 10.9. The Hall–Kier alpha value is -3.03. The van der Waals surface area contributed by atoms with E-state index in [9.17, 15) is 9.18 Å². The molecule has 0 fully saturated rings. The van der Waals surface area contributed by atoms with Crippen LogP contribution >= 0.6 is 27.5 Å². The predicted octanol–water partition coefficient (Wildman–Crippen LogP) is 6.88. The molecule has 0 saturated carbocycles. The van der Waals surface area contributed by atoms with E-state index in [4.69, 9.17) is 26.2 Å². The molecular weight excluding hydrogens is 489 g/mol. The number of benzene rings is 3. The number of carboxylic acid groups (broad SMARTS) is 1. The van der Waals surface area contributed by atoms with Crippen molar-refractivity contribution in [1.82, 2.24) is 4.57 Å². The van der Waals surface area contributed by atoms with Gasteiger partial charge in [0, 0.05) is 32.7 Å². The van der Waals surface area contributed by atoms with Crippen molar-refractivity contribution in [2.45, 2.75) is 13.2 Å². The smallest absolute Gasteiger partial charge is 0.488 e. The maximum Gasteiger partial charge on any atom is 0.511 e. The maximum absolute atomic E-state index is 13.3. The summed E-state index contributed by atoms with van der Waals surface area (Å²) in [5.74, 6) is 0.547. The van der Waals surface area contributed by atoms with Crippen LogP contribution in [0.5, 0.6) is 11.5 Å². The summed E-state index contributed by atoms with van der Waals surface area (Å²) in [5, 5.41) is 9.96. The average molecular weight is 505 g/mol. The summed E-state index contributed by atoms with van der Waals surface area (Å²) in [6.45, 7) is 0.727. The molecule has 1 heterocycles. The lowest BCUT2D eigenvalue weighted by Gasteiger charge is -2.14. The molecule has 0 saturated heterocycles. The first-order chi connectivity index (χ1) is 14.9. The molecule has 0 bridgehead atoms. The van der Waals surface area contributed by atoms with Gasteiger partial charge in [0.25, 0.3) is 0 Å². The van der Waals surface area contributed by atoms with E-state index < -0.39 is 12.0 Å². The van der Waals surface area contributed by atoms with Gasteiger partial charge in [-0.15, -0.1) is 0 Å². The molecule has 0 spiro atoms. The SMILES string of the molecule is O=C(O)Oc1ccc2c(ccn2Cc2cc(Br)ccc2OCc2ccc(F)cc2Cl)c1.